The number of methoxy groups -OCH3 is 2. The van der Waals surface area contributed by atoms with Gasteiger partial charge >= 0.3 is 5.97 Å². The van der Waals surface area contributed by atoms with Gasteiger partial charge in [0.1, 0.15) is 11.8 Å². The van der Waals surface area contributed by atoms with Crippen LogP contribution in [0.5, 0.6) is 5.75 Å². The van der Waals surface area contributed by atoms with Crippen molar-refractivity contribution >= 4 is 30.4 Å². The van der Waals surface area contributed by atoms with Gasteiger partial charge in [-0.25, -0.2) is 0 Å². The van der Waals surface area contributed by atoms with Crippen LogP contribution in [0.3, 0.4) is 0 Å². The van der Waals surface area contributed by atoms with E-state index in [2.05, 4.69) is 43.9 Å². The Morgan fingerprint density at radius 2 is 1.95 bits per heavy atom. The molecule has 1 atom stereocenters. The van der Waals surface area contributed by atoms with Gasteiger partial charge in [0.2, 0.25) is 0 Å². The maximum Gasteiger partial charge on any atom is 0.323 e. The van der Waals surface area contributed by atoms with Crippen molar-refractivity contribution in [2.24, 2.45) is 0 Å². The lowest BCUT2D eigenvalue weighted by molar-refractivity contribution is -0.142. The van der Waals surface area contributed by atoms with E-state index >= 15 is 0 Å². The van der Waals surface area contributed by atoms with Crippen LogP contribution in [0.1, 0.15) is 19.4 Å². The van der Waals surface area contributed by atoms with Gasteiger partial charge in [0.05, 0.1) is 14.2 Å². The number of carbonyl (C=O) groups is 1. The van der Waals surface area contributed by atoms with Crippen molar-refractivity contribution < 1.29 is 14.3 Å². The lowest BCUT2D eigenvalue weighted by Gasteiger charge is -2.26. The van der Waals surface area contributed by atoms with Gasteiger partial charge in [0, 0.05) is 22.8 Å². The molecule has 4 nitrogen and oxygen atoms in total. The highest BCUT2D eigenvalue weighted by Crippen LogP contribution is 2.28. The third-order valence-corrected chi connectivity index (χ3v) is 5.00. The molecule has 22 heavy (non-hydrogen) atoms. The van der Waals surface area contributed by atoms with Crippen LogP contribution in [0.4, 0.5) is 0 Å². The van der Waals surface area contributed by atoms with Crippen LogP contribution in [0.2, 0.25) is 0 Å². The number of ether oxygens (including phenoxy) is 2. The molecule has 1 N–H and O–H groups in total. The number of rotatable bonds is 9. The fourth-order valence-electron chi connectivity index (χ4n) is 1.79. The number of nitrogens with one attached hydrogen (secondary N) is 1. The van der Waals surface area contributed by atoms with E-state index < -0.39 is 0 Å². The molecule has 0 unspecified atom stereocenters. The standard InChI is InChI=1S/C16H25NO3S2/c1-16(2,11-17-14(9-21)15(18)20-4)22-10-12-5-7-13(19-3)8-6-12/h5-8,14,17,21H,9-11H2,1-4H3/t14-/m0/s1. The molecule has 0 fully saturated rings. The Labute approximate surface area is 142 Å². The summed E-state index contributed by atoms with van der Waals surface area (Å²) in [5, 5.41) is 3.22. The molecule has 0 radical (unpaired) electrons. The molecule has 1 rings (SSSR count). The van der Waals surface area contributed by atoms with Gasteiger partial charge in [-0.05, 0) is 31.5 Å². The molecule has 0 spiro atoms. The molecule has 6 heteroatoms. The Bertz CT molecular complexity index is 463. The van der Waals surface area contributed by atoms with Gasteiger partial charge in [0.15, 0.2) is 0 Å². The van der Waals surface area contributed by atoms with E-state index in [1.807, 2.05) is 23.9 Å². The topological polar surface area (TPSA) is 47.6 Å². The largest absolute Gasteiger partial charge is 0.497 e. The molecule has 1 aromatic carbocycles. The number of thioether (sulfide) groups is 1. The molecule has 0 bridgehead atoms. The summed E-state index contributed by atoms with van der Waals surface area (Å²) in [5.74, 6) is 1.92. The van der Waals surface area contributed by atoms with Gasteiger partial charge < -0.3 is 14.8 Å². The highest BCUT2D eigenvalue weighted by atomic mass is 32.2. The number of esters is 1. The molecular weight excluding hydrogens is 318 g/mol. The van der Waals surface area contributed by atoms with Crippen molar-refractivity contribution in [3.8, 4) is 5.75 Å². The van der Waals surface area contributed by atoms with E-state index in [9.17, 15) is 4.79 Å². The first kappa shape index (κ1) is 19.2. The maximum atomic E-state index is 11.5. The van der Waals surface area contributed by atoms with Crippen LogP contribution >= 0.6 is 24.4 Å². The van der Waals surface area contributed by atoms with E-state index in [1.54, 1.807) is 7.11 Å². The Kier molecular flexibility index (Phi) is 8.14. The average Bonchev–Trinajstić information content (AvgIpc) is 2.53. The Balaban J connectivity index is 2.46. The van der Waals surface area contributed by atoms with Crippen LogP contribution in [0.15, 0.2) is 24.3 Å². The second-order valence-corrected chi connectivity index (χ2v) is 7.58. The molecule has 0 aliphatic rings. The molecule has 1 aromatic rings. The summed E-state index contributed by atoms with van der Waals surface area (Å²) < 4.78 is 9.90. The normalized spacial score (nSPS) is 12.8. The maximum absolute atomic E-state index is 11.5. The summed E-state index contributed by atoms with van der Waals surface area (Å²) >= 11 is 6.02. The molecule has 0 aromatic heterocycles. The fraction of sp³-hybridized carbons (Fsp3) is 0.562. The Morgan fingerprint density at radius 3 is 2.45 bits per heavy atom. The number of thiol groups is 1. The highest BCUT2D eigenvalue weighted by molar-refractivity contribution is 7.99. The molecule has 0 saturated heterocycles. The van der Waals surface area contributed by atoms with E-state index in [4.69, 9.17) is 9.47 Å². The van der Waals surface area contributed by atoms with Gasteiger partial charge in [-0.1, -0.05) is 12.1 Å². The van der Waals surface area contributed by atoms with Crippen molar-refractivity contribution in [3.05, 3.63) is 29.8 Å². The first-order valence-electron chi connectivity index (χ1n) is 7.11. The van der Waals surface area contributed by atoms with Crippen LogP contribution < -0.4 is 10.1 Å². The summed E-state index contributed by atoms with van der Waals surface area (Å²) in [5.41, 5.74) is 1.25. The third kappa shape index (κ3) is 6.50. The third-order valence-electron chi connectivity index (χ3n) is 3.23. The van der Waals surface area contributed by atoms with Crippen LogP contribution in [0.25, 0.3) is 0 Å². The zero-order valence-electron chi connectivity index (χ0n) is 13.6. The van der Waals surface area contributed by atoms with E-state index in [0.29, 0.717) is 12.3 Å². The van der Waals surface area contributed by atoms with Crippen molar-refractivity contribution in [3.63, 3.8) is 0 Å². The van der Waals surface area contributed by atoms with Crippen LogP contribution in [0, 0.1) is 0 Å². The zero-order chi connectivity index (χ0) is 16.6. The molecule has 124 valence electrons. The fourth-order valence-corrected chi connectivity index (χ4v) is 3.00. The quantitative estimate of drug-likeness (QED) is 0.533. The molecular formula is C16H25NO3S2. The number of hydrogen-bond donors (Lipinski definition) is 2. The summed E-state index contributed by atoms with van der Waals surface area (Å²) in [4.78, 5) is 11.5. The first-order valence-corrected chi connectivity index (χ1v) is 8.72. The van der Waals surface area contributed by atoms with Gasteiger partial charge in [-0.3, -0.25) is 4.79 Å². The summed E-state index contributed by atoms with van der Waals surface area (Å²) in [6.07, 6.45) is 0. The molecule has 0 amide bonds. The van der Waals surface area contributed by atoms with Crippen LogP contribution in [-0.4, -0.2) is 43.3 Å². The SMILES string of the molecule is COC(=O)[C@H](CS)NCC(C)(C)SCc1ccc(OC)cc1. The summed E-state index contributed by atoms with van der Waals surface area (Å²) in [6.45, 7) is 5.01. The minimum atomic E-state index is -0.366. The highest BCUT2D eigenvalue weighted by Gasteiger charge is 2.23. The molecule has 0 heterocycles. The lowest BCUT2D eigenvalue weighted by Crippen LogP contribution is -2.45. The summed E-state index contributed by atoms with van der Waals surface area (Å²) in [7, 11) is 3.06. The minimum absolute atomic E-state index is 0.00481. The van der Waals surface area contributed by atoms with Crippen molar-refractivity contribution in [1.82, 2.24) is 5.32 Å². The van der Waals surface area contributed by atoms with Crippen molar-refractivity contribution in [2.75, 3.05) is 26.5 Å². The second-order valence-electron chi connectivity index (χ2n) is 5.54. The monoisotopic (exact) mass is 343 g/mol. The van der Waals surface area contributed by atoms with Gasteiger partial charge in [0.25, 0.3) is 0 Å². The molecule has 0 saturated carbocycles. The number of hydrogen-bond acceptors (Lipinski definition) is 6. The minimum Gasteiger partial charge on any atom is -0.497 e. The first-order chi connectivity index (χ1) is 10.4. The average molecular weight is 344 g/mol. The van der Waals surface area contributed by atoms with Crippen molar-refractivity contribution in [1.29, 1.82) is 0 Å². The Morgan fingerprint density at radius 1 is 1.32 bits per heavy atom. The Hall–Kier alpha value is -0.850. The number of benzene rings is 1. The zero-order valence-corrected chi connectivity index (χ0v) is 15.3. The summed E-state index contributed by atoms with van der Waals surface area (Å²) in [6, 6.07) is 7.71. The second kappa shape index (κ2) is 9.33. The van der Waals surface area contributed by atoms with Crippen molar-refractivity contribution in [2.45, 2.75) is 30.4 Å². The smallest absolute Gasteiger partial charge is 0.323 e. The number of carbonyl (C=O) groups excluding carboxylic acids is 1. The van der Waals surface area contributed by atoms with E-state index in [1.165, 1.54) is 12.7 Å². The molecule has 0 aliphatic carbocycles. The predicted molar refractivity (Wildman–Crippen MR) is 96.0 cm³/mol. The van der Waals surface area contributed by atoms with E-state index in [0.717, 1.165) is 11.5 Å². The lowest BCUT2D eigenvalue weighted by atomic mass is 10.2. The predicted octanol–water partition coefficient (Wildman–Crippen LogP) is 2.77. The van der Waals surface area contributed by atoms with Crippen LogP contribution in [-0.2, 0) is 15.3 Å². The van der Waals surface area contributed by atoms with Gasteiger partial charge in [-0.2, -0.15) is 12.6 Å². The van der Waals surface area contributed by atoms with Gasteiger partial charge in [-0.15, -0.1) is 11.8 Å². The molecule has 0 aliphatic heterocycles. The van der Waals surface area contributed by atoms with E-state index in [-0.39, 0.29) is 16.8 Å².